The molecule has 2 rings (SSSR count). The molecule has 2 atom stereocenters. The van der Waals surface area contributed by atoms with Crippen molar-refractivity contribution in [2.45, 2.75) is 39.8 Å². The second kappa shape index (κ2) is 9.71. The van der Waals surface area contributed by atoms with Gasteiger partial charge in [-0.1, -0.05) is 56.7 Å². The molecule has 0 saturated heterocycles. The Labute approximate surface area is 158 Å². The lowest BCUT2D eigenvalue weighted by molar-refractivity contribution is -0.119. The number of carbonyl (C=O) groups excluding carboxylic acids is 2. The van der Waals surface area contributed by atoms with Crippen molar-refractivity contribution in [3.05, 3.63) is 65.5 Å². The molecule has 0 aliphatic rings. The van der Waals surface area contributed by atoms with E-state index in [-0.39, 0.29) is 12.5 Å². The van der Waals surface area contributed by atoms with Crippen molar-refractivity contribution < 1.29 is 18.7 Å². The van der Waals surface area contributed by atoms with Crippen molar-refractivity contribution in [2.24, 2.45) is 5.92 Å². The van der Waals surface area contributed by atoms with Crippen LogP contribution in [0.25, 0.3) is 0 Å². The van der Waals surface area contributed by atoms with Crippen molar-refractivity contribution in [1.82, 2.24) is 5.32 Å². The average molecular weight is 372 g/mol. The minimum absolute atomic E-state index is 0.116. The molecule has 2 aromatic rings. The summed E-state index contributed by atoms with van der Waals surface area (Å²) in [7, 11) is 0. The van der Waals surface area contributed by atoms with E-state index < -0.39 is 23.9 Å². The average Bonchev–Trinajstić information content (AvgIpc) is 2.68. The number of amides is 2. The molecule has 27 heavy (non-hydrogen) atoms. The maximum Gasteiger partial charge on any atom is 0.408 e. The molecule has 0 saturated carbocycles. The first-order valence-corrected chi connectivity index (χ1v) is 8.95. The summed E-state index contributed by atoms with van der Waals surface area (Å²) >= 11 is 0. The van der Waals surface area contributed by atoms with Gasteiger partial charge in [0.15, 0.2) is 0 Å². The zero-order valence-electron chi connectivity index (χ0n) is 15.8. The van der Waals surface area contributed by atoms with Gasteiger partial charge in [-0.05, 0) is 30.5 Å². The maximum atomic E-state index is 13.7. The number of rotatable bonds is 7. The number of hydrogen-bond acceptors (Lipinski definition) is 3. The second-order valence-electron chi connectivity index (χ2n) is 6.47. The van der Waals surface area contributed by atoms with Crippen molar-refractivity contribution in [3.63, 3.8) is 0 Å². The number of carbonyl (C=O) groups is 2. The fourth-order valence-corrected chi connectivity index (χ4v) is 2.55. The lowest BCUT2D eigenvalue weighted by Crippen LogP contribution is -2.47. The van der Waals surface area contributed by atoms with Gasteiger partial charge in [-0.25, -0.2) is 9.18 Å². The van der Waals surface area contributed by atoms with E-state index in [1.807, 2.05) is 44.2 Å². The second-order valence-corrected chi connectivity index (χ2v) is 6.47. The summed E-state index contributed by atoms with van der Waals surface area (Å²) in [4.78, 5) is 24.8. The van der Waals surface area contributed by atoms with Gasteiger partial charge in [0.25, 0.3) is 0 Å². The van der Waals surface area contributed by atoms with Crippen LogP contribution in [0.15, 0.2) is 48.5 Å². The summed E-state index contributed by atoms with van der Waals surface area (Å²) in [5.74, 6) is -0.930. The third-order valence-electron chi connectivity index (χ3n) is 4.51. The molecule has 0 fully saturated rings. The molecule has 0 heterocycles. The predicted octanol–water partition coefficient (Wildman–Crippen LogP) is 4.41. The molecule has 0 aromatic heterocycles. The molecule has 0 aliphatic carbocycles. The first-order chi connectivity index (χ1) is 12.9. The highest BCUT2D eigenvalue weighted by Gasteiger charge is 2.27. The van der Waals surface area contributed by atoms with Gasteiger partial charge >= 0.3 is 6.09 Å². The van der Waals surface area contributed by atoms with Crippen LogP contribution in [0.1, 0.15) is 31.4 Å². The van der Waals surface area contributed by atoms with E-state index in [9.17, 15) is 14.0 Å². The number of nitrogens with one attached hydrogen (secondary N) is 2. The Bertz CT molecular complexity index is 780. The van der Waals surface area contributed by atoms with Gasteiger partial charge in [-0.2, -0.15) is 0 Å². The largest absolute Gasteiger partial charge is 0.445 e. The predicted molar refractivity (Wildman–Crippen MR) is 103 cm³/mol. The molecular formula is C21H25FN2O3. The van der Waals surface area contributed by atoms with E-state index in [0.717, 1.165) is 5.56 Å². The van der Waals surface area contributed by atoms with Crippen LogP contribution in [0.2, 0.25) is 0 Å². The van der Waals surface area contributed by atoms with Crippen LogP contribution < -0.4 is 10.6 Å². The zero-order valence-corrected chi connectivity index (χ0v) is 15.8. The van der Waals surface area contributed by atoms with Crippen LogP contribution in [0, 0.1) is 18.7 Å². The van der Waals surface area contributed by atoms with E-state index in [4.69, 9.17) is 4.74 Å². The number of alkyl carbamates (subject to hydrolysis) is 1. The Morgan fingerprint density at radius 1 is 1.11 bits per heavy atom. The first-order valence-electron chi connectivity index (χ1n) is 8.95. The Balaban J connectivity index is 2.02. The SMILES string of the molecule is CC[C@@H](C)[C@H](NC(=O)OCc1ccccc1)C(=O)Nc1cccc(F)c1C. The molecule has 0 unspecified atom stereocenters. The lowest BCUT2D eigenvalue weighted by Gasteiger charge is -2.23. The molecular weight excluding hydrogens is 347 g/mol. The van der Waals surface area contributed by atoms with Crippen LogP contribution in [-0.4, -0.2) is 18.0 Å². The van der Waals surface area contributed by atoms with Gasteiger partial charge < -0.3 is 15.4 Å². The quantitative estimate of drug-likeness (QED) is 0.756. The van der Waals surface area contributed by atoms with E-state index in [1.165, 1.54) is 12.1 Å². The van der Waals surface area contributed by atoms with Gasteiger partial charge in [-0.3, -0.25) is 4.79 Å². The van der Waals surface area contributed by atoms with Crippen LogP contribution in [0.4, 0.5) is 14.9 Å². The number of halogens is 1. The highest BCUT2D eigenvalue weighted by Crippen LogP contribution is 2.19. The minimum Gasteiger partial charge on any atom is -0.445 e. The summed E-state index contributed by atoms with van der Waals surface area (Å²) in [5.41, 5.74) is 1.58. The third-order valence-corrected chi connectivity index (χ3v) is 4.51. The van der Waals surface area contributed by atoms with E-state index in [1.54, 1.807) is 13.0 Å². The van der Waals surface area contributed by atoms with Crippen molar-refractivity contribution in [3.8, 4) is 0 Å². The standard InChI is InChI=1S/C21H25FN2O3/c1-4-14(2)19(20(25)23-18-12-8-11-17(22)15(18)3)24-21(26)27-13-16-9-6-5-7-10-16/h5-12,14,19H,4,13H2,1-3H3,(H,23,25)(H,24,26)/t14-,19+/m1/s1. The Hall–Kier alpha value is -2.89. The summed E-state index contributed by atoms with van der Waals surface area (Å²) in [6, 6.07) is 13.0. The van der Waals surface area contributed by atoms with Gasteiger partial charge in [0.2, 0.25) is 5.91 Å². The molecule has 0 bridgehead atoms. The summed E-state index contributed by atoms with van der Waals surface area (Å²) < 4.78 is 18.9. The van der Waals surface area contributed by atoms with Crippen molar-refractivity contribution in [2.75, 3.05) is 5.32 Å². The first kappa shape index (κ1) is 20.4. The van der Waals surface area contributed by atoms with Crippen molar-refractivity contribution >= 4 is 17.7 Å². The third kappa shape index (κ3) is 5.81. The van der Waals surface area contributed by atoms with Crippen LogP contribution >= 0.6 is 0 Å². The van der Waals surface area contributed by atoms with Crippen LogP contribution in [0.3, 0.4) is 0 Å². The molecule has 0 spiro atoms. The topological polar surface area (TPSA) is 67.4 Å². The highest BCUT2D eigenvalue weighted by atomic mass is 19.1. The molecule has 2 N–H and O–H groups in total. The molecule has 2 aromatic carbocycles. The number of benzene rings is 2. The minimum atomic E-state index is -0.791. The highest BCUT2D eigenvalue weighted by molar-refractivity contribution is 5.97. The lowest BCUT2D eigenvalue weighted by atomic mass is 9.98. The maximum absolute atomic E-state index is 13.7. The summed E-state index contributed by atoms with van der Waals surface area (Å²) in [5, 5.41) is 5.32. The van der Waals surface area contributed by atoms with Crippen molar-refractivity contribution in [1.29, 1.82) is 0 Å². The number of hydrogen-bond donors (Lipinski definition) is 2. The summed E-state index contributed by atoms with van der Waals surface area (Å²) in [6.07, 6.45) is 0.00870. The van der Waals surface area contributed by atoms with Gasteiger partial charge in [0, 0.05) is 11.3 Å². The number of anilines is 1. The van der Waals surface area contributed by atoms with E-state index in [0.29, 0.717) is 17.7 Å². The zero-order chi connectivity index (χ0) is 19.8. The Morgan fingerprint density at radius 3 is 2.48 bits per heavy atom. The molecule has 5 nitrogen and oxygen atoms in total. The monoisotopic (exact) mass is 372 g/mol. The van der Waals surface area contributed by atoms with E-state index >= 15 is 0 Å². The van der Waals surface area contributed by atoms with Crippen LogP contribution in [-0.2, 0) is 16.1 Å². The molecule has 2 amide bonds. The molecule has 0 aliphatic heterocycles. The fourth-order valence-electron chi connectivity index (χ4n) is 2.55. The molecule has 144 valence electrons. The van der Waals surface area contributed by atoms with Crippen LogP contribution in [0.5, 0.6) is 0 Å². The van der Waals surface area contributed by atoms with E-state index in [2.05, 4.69) is 10.6 Å². The van der Waals surface area contributed by atoms with Gasteiger partial charge in [0.05, 0.1) is 0 Å². The molecule has 6 heteroatoms. The van der Waals surface area contributed by atoms with Gasteiger partial charge in [-0.15, -0.1) is 0 Å². The number of ether oxygens (including phenoxy) is 1. The Kier molecular flexibility index (Phi) is 7.34. The Morgan fingerprint density at radius 2 is 1.81 bits per heavy atom. The smallest absolute Gasteiger partial charge is 0.408 e. The normalized spacial score (nSPS) is 12.7. The van der Waals surface area contributed by atoms with Gasteiger partial charge in [0.1, 0.15) is 18.5 Å². The summed E-state index contributed by atoms with van der Waals surface area (Å²) in [6.45, 7) is 5.49. The molecule has 0 radical (unpaired) electrons. The fraction of sp³-hybridized carbons (Fsp3) is 0.333.